The Morgan fingerprint density at radius 1 is 1.25 bits per heavy atom. The number of esters is 1. The van der Waals surface area contributed by atoms with Gasteiger partial charge in [-0.3, -0.25) is 9.59 Å². The maximum absolute atomic E-state index is 13.2. The summed E-state index contributed by atoms with van der Waals surface area (Å²) in [6, 6.07) is 0. The summed E-state index contributed by atoms with van der Waals surface area (Å²) in [6.07, 6.45) is 2.96. The van der Waals surface area contributed by atoms with Gasteiger partial charge >= 0.3 is 5.97 Å². The van der Waals surface area contributed by atoms with Crippen LogP contribution in [0.2, 0.25) is 0 Å². The van der Waals surface area contributed by atoms with Crippen molar-refractivity contribution >= 4 is 29.2 Å². The van der Waals surface area contributed by atoms with Crippen LogP contribution in [0.25, 0.3) is 6.08 Å². The van der Waals surface area contributed by atoms with Crippen LogP contribution in [-0.4, -0.2) is 57.0 Å². The van der Waals surface area contributed by atoms with Gasteiger partial charge < -0.3 is 19.7 Å². The zero-order valence-corrected chi connectivity index (χ0v) is 23.6. The van der Waals surface area contributed by atoms with Crippen LogP contribution in [0.1, 0.15) is 90.8 Å². The van der Waals surface area contributed by atoms with Gasteiger partial charge in [0, 0.05) is 17.7 Å². The predicted molar refractivity (Wildman–Crippen MR) is 140 cm³/mol. The molecule has 0 saturated carbocycles. The van der Waals surface area contributed by atoms with Crippen molar-refractivity contribution in [2.75, 3.05) is 0 Å². The van der Waals surface area contributed by atoms with Crippen molar-refractivity contribution in [3.05, 3.63) is 21.7 Å². The number of hydrogen-bond donors (Lipinski definition) is 2. The van der Waals surface area contributed by atoms with Gasteiger partial charge in [-0.05, 0) is 50.7 Å². The molecule has 0 unspecified atom stereocenters. The van der Waals surface area contributed by atoms with E-state index in [1.807, 2.05) is 32.2 Å². The standard InChI is InChI=1S/C28H43NO6S/c1-8-28-14-21(17(3)12-20-15-36-19(5)29-20)34-24(31)13-22(30)27(6,7)26(33)18(4)25(32)16(2)10-9-11-23(28)35-28/h12,15-16,18,21-23,25,30,32H,8-11,13-14H2,1-7H3/t16-,18+,21-,22-,23+,25-,28-/m0/s1. The Bertz CT molecular complexity index is 971. The molecule has 0 radical (unpaired) electrons. The summed E-state index contributed by atoms with van der Waals surface area (Å²) in [7, 11) is 0. The molecule has 3 heterocycles. The number of fused-ring (bicyclic) bond motifs is 1. The average molecular weight is 522 g/mol. The zero-order valence-electron chi connectivity index (χ0n) is 22.7. The van der Waals surface area contributed by atoms with Crippen LogP contribution in [0.15, 0.2) is 11.0 Å². The third kappa shape index (κ3) is 6.44. The lowest BCUT2D eigenvalue weighted by atomic mass is 9.73. The van der Waals surface area contributed by atoms with Crippen LogP contribution in [0.4, 0.5) is 0 Å². The fourth-order valence-corrected chi connectivity index (χ4v) is 5.97. The highest BCUT2D eigenvalue weighted by Crippen LogP contribution is 2.48. The number of carbonyl (C=O) groups excluding carboxylic acids is 2. The summed E-state index contributed by atoms with van der Waals surface area (Å²) in [6.45, 7) is 12.9. The van der Waals surface area contributed by atoms with E-state index in [0.717, 1.165) is 42.0 Å². The highest BCUT2D eigenvalue weighted by atomic mass is 32.1. The van der Waals surface area contributed by atoms with Gasteiger partial charge in [0.1, 0.15) is 11.9 Å². The second kappa shape index (κ2) is 11.4. The number of carbonyl (C=O) groups is 2. The number of ketones is 1. The molecule has 0 amide bonds. The lowest BCUT2D eigenvalue weighted by Crippen LogP contribution is -2.45. The van der Waals surface area contributed by atoms with E-state index in [9.17, 15) is 19.8 Å². The van der Waals surface area contributed by atoms with Gasteiger partial charge in [-0.15, -0.1) is 11.3 Å². The maximum Gasteiger partial charge on any atom is 0.309 e. The summed E-state index contributed by atoms with van der Waals surface area (Å²) in [5.41, 5.74) is 0.125. The van der Waals surface area contributed by atoms with Crippen molar-refractivity contribution in [1.82, 2.24) is 4.98 Å². The number of aryl methyl sites for hydroxylation is 1. The third-order valence-corrected chi connectivity index (χ3v) is 9.08. The van der Waals surface area contributed by atoms with E-state index in [4.69, 9.17) is 9.47 Å². The Kier molecular flexibility index (Phi) is 9.18. The van der Waals surface area contributed by atoms with Crippen molar-refractivity contribution < 1.29 is 29.3 Å². The Morgan fingerprint density at radius 3 is 2.56 bits per heavy atom. The Morgan fingerprint density at radius 2 is 1.94 bits per heavy atom. The molecular weight excluding hydrogens is 478 g/mol. The molecule has 1 aromatic rings. The summed E-state index contributed by atoms with van der Waals surface area (Å²) >= 11 is 1.56. The van der Waals surface area contributed by atoms with Crippen LogP contribution in [0.5, 0.6) is 0 Å². The molecule has 7 atom stereocenters. The van der Waals surface area contributed by atoms with E-state index < -0.39 is 35.6 Å². The van der Waals surface area contributed by atoms with Crippen molar-refractivity contribution in [1.29, 1.82) is 0 Å². The van der Waals surface area contributed by atoms with Crippen LogP contribution in [-0.2, 0) is 19.1 Å². The number of aliphatic hydroxyl groups excluding tert-OH is 2. The molecule has 2 aliphatic heterocycles. The highest BCUT2D eigenvalue weighted by molar-refractivity contribution is 7.09. The van der Waals surface area contributed by atoms with E-state index in [1.165, 1.54) is 0 Å². The lowest BCUT2D eigenvalue weighted by molar-refractivity contribution is -0.154. The minimum atomic E-state index is -1.23. The quantitative estimate of drug-likeness (QED) is 0.431. The van der Waals surface area contributed by atoms with Crippen LogP contribution >= 0.6 is 11.3 Å². The molecule has 2 fully saturated rings. The molecule has 2 aliphatic rings. The summed E-state index contributed by atoms with van der Waals surface area (Å²) < 4.78 is 12.2. The minimum Gasteiger partial charge on any atom is -0.458 e. The Hall–Kier alpha value is -1.61. The molecule has 8 heteroatoms. The van der Waals surface area contributed by atoms with Crippen molar-refractivity contribution in [2.45, 2.75) is 117 Å². The van der Waals surface area contributed by atoms with Gasteiger partial charge in [-0.1, -0.05) is 41.0 Å². The van der Waals surface area contributed by atoms with E-state index in [2.05, 4.69) is 11.9 Å². The number of cyclic esters (lactones) is 1. The van der Waals surface area contributed by atoms with E-state index in [-0.39, 0.29) is 29.8 Å². The van der Waals surface area contributed by atoms with Crippen LogP contribution < -0.4 is 0 Å². The average Bonchev–Trinajstić information content (AvgIpc) is 3.35. The SMILES string of the molecule is CC[C@]12C[C@@H](C(C)=Cc3csc(C)n3)OC(=O)C[C@H](O)C(C)(C)C(=O)[C@H](C)[C@@H](O)[C@@H](C)CCC[C@H]1O2. The number of ether oxygens (including phenoxy) is 2. The van der Waals surface area contributed by atoms with Gasteiger partial charge in [-0.25, -0.2) is 4.98 Å². The first-order valence-corrected chi connectivity index (χ1v) is 14.1. The monoisotopic (exact) mass is 521 g/mol. The van der Waals surface area contributed by atoms with Gasteiger partial charge in [0.25, 0.3) is 0 Å². The topological polar surface area (TPSA) is 109 Å². The number of thiazole rings is 1. The number of aromatic nitrogens is 1. The molecular formula is C28H43NO6S. The first-order valence-electron chi connectivity index (χ1n) is 13.2. The molecule has 0 spiro atoms. The number of hydrogen-bond acceptors (Lipinski definition) is 8. The van der Waals surface area contributed by atoms with Crippen LogP contribution in [0.3, 0.4) is 0 Å². The molecule has 3 rings (SSSR count). The minimum absolute atomic E-state index is 0.0657. The molecule has 202 valence electrons. The number of epoxide rings is 1. The number of aliphatic hydroxyl groups is 2. The molecule has 0 aromatic carbocycles. The first-order chi connectivity index (χ1) is 16.8. The molecule has 0 bridgehead atoms. The lowest BCUT2D eigenvalue weighted by Gasteiger charge is -2.34. The van der Waals surface area contributed by atoms with E-state index >= 15 is 0 Å². The normalized spacial score (nSPS) is 36.8. The predicted octanol–water partition coefficient (Wildman–Crippen LogP) is 4.87. The molecule has 1 aromatic heterocycles. The molecule has 36 heavy (non-hydrogen) atoms. The number of Topliss-reactive ketones (excluding diaryl/α,β-unsaturated/α-hetero) is 1. The van der Waals surface area contributed by atoms with Crippen LogP contribution in [0, 0.1) is 24.2 Å². The summed E-state index contributed by atoms with van der Waals surface area (Å²) in [5.74, 6) is -1.53. The molecule has 0 aliphatic carbocycles. The third-order valence-electron chi connectivity index (χ3n) is 8.29. The Labute approximate surface area is 219 Å². The van der Waals surface area contributed by atoms with Crippen molar-refractivity contribution in [3.8, 4) is 0 Å². The molecule has 2 saturated heterocycles. The van der Waals surface area contributed by atoms with Crippen molar-refractivity contribution in [2.24, 2.45) is 17.3 Å². The Balaban J connectivity index is 1.89. The molecule has 7 nitrogen and oxygen atoms in total. The summed E-state index contributed by atoms with van der Waals surface area (Å²) in [4.78, 5) is 30.8. The van der Waals surface area contributed by atoms with Crippen molar-refractivity contribution in [3.63, 3.8) is 0 Å². The second-order valence-corrected chi connectivity index (χ2v) is 12.4. The van der Waals surface area contributed by atoms with Gasteiger partial charge in [0.2, 0.25) is 0 Å². The first kappa shape index (κ1) is 29.0. The second-order valence-electron chi connectivity index (χ2n) is 11.4. The fraction of sp³-hybridized carbons (Fsp3) is 0.750. The van der Waals surface area contributed by atoms with Gasteiger partial charge in [-0.2, -0.15) is 0 Å². The zero-order chi connectivity index (χ0) is 26.8. The fourth-order valence-electron chi connectivity index (χ4n) is 5.40. The summed E-state index contributed by atoms with van der Waals surface area (Å²) in [5, 5.41) is 24.7. The van der Waals surface area contributed by atoms with E-state index in [0.29, 0.717) is 6.42 Å². The van der Waals surface area contributed by atoms with E-state index in [1.54, 1.807) is 32.1 Å². The number of rotatable bonds is 3. The van der Waals surface area contributed by atoms with Gasteiger partial charge in [0.15, 0.2) is 0 Å². The smallest absolute Gasteiger partial charge is 0.309 e. The molecule has 2 N–H and O–H groups in total. The maximum atomic E-state index is 13.2. The highest BCUT2D eigenvalue weighted by Gasteiger charge is 2.56. The van der Waals surface area contributed by atoms with Gasteiger partial charge in [0.05, 0.1) is 46.5 Å². The largest absolute Gasteiger partial charge is 0.458 e. The number of nitrogens with zero attached hydrogens (tertiary/aromatic N) is 1.